The second kappa shape index (κ2) is 10.6. The fraction of sp³-hybridized carbons (Fsp3) is 0.182. The molecule has 3 aromatic rings. The van der Waals surface area contributed by atoms with Crippen LogP contribution in [0.15, 0.2) is 64.6 Å². The normalized spacial score (nSPS) is 13.0. The van der Waals surface area contributed by atoms with Gasteiger partial charge in [0.1, 0.15) is 12.6 Å². The van der Waals surface area contributed by atoms with Crippen LogP contribution in [-0.4, -0.2) is 41.0 Å². The second-order valence-electron chi connectivity index (χ2n) is 7.00. The average molecular weight is 514 g/mol. The van der Waals surface area contributed by atoms with Gasteiger partial charge in [-0.05, 0) is 33.6 Å². The highest BCUT2D eigenvalue weighted by molar-refractivity contribution is 9.10. The molecular formula is C22H20BrN5O5. The van der Waals surface area contributed by atoms with Gasteiger partial charge in [-0.3, -0.25) is 4.79 Å². The third-order valence-corrected chi connectivity index (χ3v) is 5.36. The molecule has 2 aromatic carbocycles. The first kappa shape index (κ1) is 22.3. The number of hydrazone groups is 1. The topological polar surface area (TPSA) is 127 Å². The number of hydrogen-bond acceptors (Lipinski definition) is 7. The Hall–Kier alpha value is -3.86. The highest BCUT2D eigenvalue weighted by Gasteiger charge is 2.23. The van der Waals surface area contributed by atoms with E-state index < -0.39 is 18.0 Å². The van der Waals surface area contributed by atoms with Crippen molar-refractivity contribution in [2.45, 2.75) is 19.1 Å². The summed E-state index contributed by atoms with van der Waals surface area (Å²) >= 11 is 3.43. The quantitative estimate of drug-likeness (QED) is 0.314. The number of amides is 2. The van der Waals surface area contributed by atoms with Crippen LogP contribution >= 0.6 is 15.9 Å². The Morgan fingerprint density at radius 3 is 2.79 bits per heavy atom. The summed E-state index contributed by atoms with van der Waals surface area (Å²) in [6.07, 6.45) is 3.99. The Bertz CT molecular complexity index is 1140. The maximum absolute atomic E-state index is 12.8. The van der Waals surface area contributed by atoms with E-state index in [4.69, 9.17) is 14.2 Å². The molecular weight excluding hydrogens is 494 g/mol. The number of alkyl carbamates (subject to hydrolysis) is 1. The monoisotopic (exact) mass is 513 g/mol. The summed E-state index contributed by atoms with van der Waals surface area (Å²) in [4.78, 5) is 31.9. The molecule has 4 rings (SSSR count). The fourth-order valence-electron chi connectivity index (χ4n) is 3.01. The Morgan fingerprint density at radius 1 is 1.24 bits per heavy atom. The van der Waals surface area contributed by atoms with E-state index in [-0.39, 0.29) is 19.8 Å². The zero-order valence-corrected chi connectivity index (χ0v) is 18.9. The van der Waals surface area contributed by atoms with Crippen molar-refractivity contribution >= 4 is 34.1 Å². The molecule has 10 nitrogen and oxygen atoms in total. The van der Waals surface area contributed by atoms with Crippen LogP contribution in [-0.2, 0) is 22.6 Å². The van der Waals surface area contributed by atoms with Gasteiger partial charge in [0.05, 0.1) is 12.5 Å². The van der Waals surface area contributed by atoms with Gasteiger partial charge in [0.15, 0.2) is 11.5 Å². The third kappa shape index (κ3) is 6.10. The lowest BCUT2D eigenvalue weighted by Crippen LogP contribution is -2.47. The molecule has 0 spiro atoms. The minimum absolute atomic E-state index is 0.0847. The summed E-state index contributed by atoms with van der Waals surface area (Å²) in [5, 5.41) is 6.59. The molecule has 2 heterocycles. The third-order valence-electron chi connectivity index (χ3n) is 4.67. The van der Waals surface area contributed by atoms with E-state index in [9.17, 15) is 9.59 Å². The molecule has 0 bridgehead atoms. The van der Waals surface area contributed by atoms with Gasteiger partial charge < -0.3 is 24.5 Å². The molecule has 0 aliphatic carbocycles. The first-order valence-electron chi connectivity index (χ1n) is 9.95. The van der Waals surface area contributed by atoms with Crippen molar-refractivity contribution < 1.29 is 23.8 Å². The standard InChI is InChI=1S/C22H20BrN5O5/c23-17-8-20-19(32-13-33-20)6-15(17)9-26-28-21(29)18(7-16-10-24-12-25-16)27-22(30)31-11-14-4-2-1-3-5-14/h1-6,8-10,12,18H,7,11,13H2,(H,24,25)(H,27,30)(H,28,29)/b26-9-/t18-/m1/s1. The number of carbonyl (C=O) groups excluding carboxylic acids is 2. The molecule has 1 aromatic heterocycles. The van der Waals surface area contributed by atoms with Gasteiger partial charge in [-0.15, -0.1) is 0 Å². The highest BCUT2D eigenvalue weighted by atomic mass is 79.9. The largest absolute Gasteiger partial charge is 0.454 e. The zero-order chi connectivity index (χ0) is 23.0. The zero-order valence-electron chi connectivity index (χ0n) is 17.3. The van der Waals surface area contributed by atoms with Crippen molar-refractivity contribution in [3.05, 3.63) is 76.3 Å². The van der Waals surface area contributed by atoms with Crippen LogP contribution in [0.5, 0.6) is 11.5 Å². The Kier molecular flexibility index (Phi) is 7.20. The molecule has 3 N–H and O–H groups in total. The predicted molar refractivity (Wildman–Crippen MR) is 122 cm³/mol. The minimum atomic E-state index is -0.939. The Morgan fingerprint density at radius 2 is 2.03 bits per heavy atom. The van der Waals surface area contributed by atoms with Crippen LogP contribution in [0.25, 0.3) is 0 Å². The van der Waals surface area contributed by atoms with Crippen molar-refractivity contribution in [3.63, 3.8) is 0 Å². The predicted octanol–water partition coefficient (Wildman–Crippen LogP) is 2.89. The first-order chi connectivity index (χ1) is 16.1. The Balaban J connectivity index is 1.38. The molecule has 2 amide bonds. The van der Waals surface area contributed by atoms with Crippen molar-refractivity contribution in [2.24, 2.45) is 5.10 Å². The van der Waals surface area contributed by atoms with Crippen molar-refractivity contribution in [1.29, 1.82) is 0 Å². The van der Waals surface area contributed by atoms with Gasteiger partial charge in [0.25, 0.3) is 5.91 Å². The van der Waals surface area contributed by atoms with Crippen LogP contribution in [0.2, 0.25) is 0 Å². The lowest BCUT2D eigenvalue weighted by Gasteiger charge is -2.16. The van der Waals surface area contributed by atoms with Crippen molar-refractivity contribution in [3.8, 4) is 11.5 Å². The van der Waals surface area contributed by atoms with E-state index >= 15 is 0 Å². The summed E-state index contributed by atoms with van der Waals surface area (Å²) in [6, 6.07) is 11.8. The molecule has 0 radical (unpaired) electrons. The minimum Gasteiger partial charge on any atom is -0.454 e. The van der Waals surface area contributed by atoms with E-state index in [0.29, 0.717) is 22.8 Å². The number of imidazole rings is 1. The van der Waals surface area contributed by atoms with Crippen LogP contribution in [0.1, 0.15) is 16.8 Å². The lowest BCUT2D eigenvalue weighted by atomic mass is 10.1. The van der Waals surface area contributed by atoms with Gasteiger partial charge in [0, 0.05) is 28.3 Å². The summed E-state index contributed by atoms with van der Waals surface area (Å²) < 4.78 is 16.6. The van der Waals surface area contributed by atoms with Crippen LogP contribution in [0.4, 0.5) is 4.79 Å². The number of aromatic nitrogens is 2. The summed E-state index contributed by atoms with van der Waals surface area (Å²) in [5.74, 6) is 0.696. The van der Waals surface area contributed by atoms with E-state index in [1.807, 2.05) is 30.3 Å². The lowest BCUT2D eigenvalue weighted by molar-refractivity contribution is -0.123. The molecule has 33 heavy (non-hydrogen) atoms. The Labute approximate surface area is 197 Å². The van der Waals surface area contributed by atoms with E-state index in [2.05, 4.69) is 41.7 Å². The first-order valence-corrected chi connectivity index (χ1v) is 10.7. The maximum Gasteiger partial charge on any atom is 0.408 e. The molecule has 1 aliphatic rings. The molecule has 1 atom stereocenters. The maximum atomic E-state index is 12.8. The molecule has 0 saturated carbocycles. The summed E-state index contributed by atoms with van der Waals surface area (Å²) in [6.45, 7) is 0.238. The number of hydrogen-bond donors (Lipinski definition) is 3. The van der Waals surface area contributed by atoms with Gasteiger partial charge in [-0.1, -0.05) is 30.3 Å². The molecule has 11 heteroatoms. The molecule has 0 fully saturated rings. The number of aromatic amines is 1. The average Bonchev–Trinajstić information content (AvgIpc) is 3.49. The van der Waals surface area contributed by atoms with Crippen LogP contribution in [0.3, 0.4) is 0 Å². The number of H-pyrrole nitrogens is 1. The number of carbonyl (C=O) groups is 2. The van der Waals surface area contributed by atoms with Crippen molar-refractivity contribution in [2.75, 3.05) is 6.79 Å². The fourth-order valence-corrected chi connectivity index (χ4v) is 3.43. The van der Waals surface area contributed by atoms with Crippen molar-refractivity contribution in [1.82, 2.24) is 20.7 Å². The molecule has 1 aliphatic heterocycles. The SMILES string of the molecule is O=C(N[C@H](Cc1cnc[nH]1)C(=O)N/N=C\c1cc2c(cc1Br)OCO2)OCc1ccccc1. The highest BCUT2D eigenvalue weighted by Crippen LogP contribution is 2.36. The molecule has 170 valence electrons. The van der Waals surface area contributed by atoms with Gasteiger partial charge in [-0.25, -0.2) is 15.2 Å². The van der Waals surface area contributed by atoms with Gasteiger partial charge in [-0.2, -0.15) is 5.10 Å². The van der Waals surface area contributed by atoms with E-state index in [0.717, 1.165) is 10.0 Å². The van der Waals surface area contributed by atoms with Gasteiger partial charge in [0.2, 0.25) is 6.79 Å². The van der Waals surface area contributed by atoms with Crippen LogP contribution in [0, 0.1) is 0 Å². The number of rotatable bonds is 8. The van der Waals surface area contributed by atoms with Crippen LogP contribution < -0.4 is 20.2 Å². The van der Waals surface area contributed by atoms with E-state index in [1.165, 1.54) is 12.5 Å². The second-order valence-corrected chi connectivity index (χ2v) is 7.86. The summed E-state index contributed by atoms with van der Waals surface area (Å²) in [5.41, 5.74) is 4.63. The number of benzene rings is 2. The number of ether oxygens (including phenoxy) is 3. The number of halogens is 1. The number of nitrogens with one attached hydrogen (secondary N) is 3. The van der Waals surface area contributed by atoms with E-state index in [1.54, 1.807) is 18.3 Å². The smallest absolute Gasteiger partial charge is 0.408 e. The summed E-state index contributed by atoms with van der Waals surface area (Å²) in [7, 11) is 0. The molecule has 0 saturated heterocycles. The number of nitrogens with zero attached hydrogens (tertiary/aromatic N) is 2. The molecule has 0 unspecified atom stereocenters. The van der Waals surface area contributed by atoms with Gasteiger partial charge >= 0.3 is 6.09 Å². The number of fused-ring (bicyclic) bond motifs is 1.